The molecule has 2 nitrogen and oxygen atoms in total. The minimum Gasteiger partial charge on any atom is -0.493 e. The van der Waals surface area contributed by atoms with Crippen LogP contribution in [-0.4, -0.2) is 12.6 Å². The summed E-state index contributed by atoms with van der Waals surface area (Å²) in [6.07, 6.45) is 1.52. The summed E-state index contributed by atoms with van der Waals surface area (Å²) in [6, 6.07) is 12.4. The second-order valence-corrected chi connectivity index (χ2v) is 5.89. The molecule has 2 N–H and O–H groups in total. The van der Waals surface area contributed by atoms with Crippen molar-refractivity contribution in [3.8, 4) is 5.75 Å². The third-order valence-corrected chi connectivity index (χ3v) is 4.34. The Balaban J connectivity index is 1.70. The van der Waals surface area contributed by atoms with Gasteiger partial charge in [0.2, 0.25) is 0 Å². The molecule has 4 heteroatoms. The van der Waals surface area contributed by atoms with Crippen molar-refractivity contribution in [2.45, 2.75) is 18.9 Å². The van der Waals surface area contributed by atoms with Crippen molar-refractivity contribution < 1.29 is 9.13 Å². The second kappa shape index (κ2) is 6.04. The van der Waals surface area contributed by atoms with Crippen molar-refractivity contribution in [1.29, 1.82) is 0 Å². The molecule has 0 aromatic heterocycles. The van der Waals surface area contributed by atoms with E-state index in [1.165, 1.54) is 17.7 Å². The van der Waals surface area contributed by atoms with Crippen LogP contribution >= 0.6 is 11.6 Å². The first-order chi connectivity index (χ1) is 10.1. The van der Waals surface area contributed by atoms with Gasteiger partial charge in [0.25, 0.3) is 0 Å². The minimum atomic E-state index is -0.327. The first kappa shape index (κ1) is 14.4. The molecule has 0 aliphatic carbocycles. The summed E-state index contributed by atoms with van der Waals surface area (Å²) in [4.78, 5) is 0. The molecule has 0 spiro atoms. The smallest absolute Gasteiger partial charge is 0.124 e. The molecular formula is C17H17ClFNO. The van der Waals surface area contributed by atoms with E-state index in [4.69, 9.17) is 22.1 Å². The fourth-order valence-electron chi connectivity index (χ4n) is 2.73. The Kier molecular flexibility index (Phi) is 4.13. The summed E-state index contributed by atoms with van der Waals surface area (Å²) < 4.78 is 18.8. The number of rotatable bonds is 3. The van der Waals surface area contributed by atoms with E-state index in [9.17, 15) is 4.39 Å². The van der Waals surface area contributed by atoms with Gasteiger partial charge in [-0.2, -0.15) is 0 Å². The molecule has 2 aromatic carbocycles. The van der Waals surface area contributed by atoms with Crippen LogP contribution in [0.25, 0.3) is 0 Å². The first-order valence-electron chi connectivity index (χ1n) is 7.03. The number of benzene rings is 2. The molecule has 21 heavy (non-hydrogen) atoms. The molecule has 0 saturated heterocycles. The fourth-order valence-corrected chi connectivity index (χ4v) is 2.98. The quantitative estimate of drug-likeness (QED) is 0.940. The number of nitrogens with two attached hydrogens (primary N) is 1. The maximum atomic E-state index is 13.1. The molecule has 0 fully saturated rings. The average molecular weight is 306 g/mol. The van der Waals surface area contributed by atoms with Crippen LogP contribution < -0.4 is 10.5 Å². The monoisotopic (exact) mass is 305 g/mol. The maximum absolute atomic E-state index is 13.1. The lowest BCUT2D eigenvalue weighted by Crippen LogP contribution is -2.39. The van der Waals surface area contributed by atoms with E-state index in [2.05, 4.69) is 6.07 Å². The number of ether oxygens (including phenoxy) is 1. The molecule has 3 rings (SSSR count). The van der Waals surface area contributed by atoms with Crippen LogP contribution in [0.1, 0.15) is 11.1 Å². The molecule has 0 bridgehead atoms. The SMILES string of the molecule is NC(Cc1ccc(F)cc1Cl)C1COc2ccccc2C1. The second-order valence-electron chi connectivity index (χ2n) is 5.49. The van der Waals surface area contributed by atoms with Crippen LogP contribution in [0.2, 0.25) is 5.02 Å². The standard InChI is InChI=1S/C17H17ClFNO/c18-15-9-14(19)6-5-11(15)8-16(20)13-7-12-3-1-2-4-17(12)21-10-13/h1-6,9,13,16H,7-8,10,20H2. The highest BCUT2D eigenvalue weighted by molar-refractivity contribution is 6.31. The van der Waals surface area contributed by atoms with Gasteiger partial charge in [-0.25, -0.2) is 4.39 Å². The zero-order chi connectivity index (χ0) is 14.8. The van der Waals surface area contributed by atoms with Crippen LogP contribution in [0.15, 0.2) is 42.5 Å². The topological polar surface area (TPSA) is 35.2 Å². The molecule has 0 saturated carbocycles. The van der Waals surface area contributed by atoms with Gasteiger partial charge in [-0.05, 0) is 42.2 Å². The van der Waals surface area contributed by atoms with E-state index in [1.54, 1.807) is 6.07 Å². The molecule has 2 atom stereocenters. The molecule has 1 aliphatic heterocycles. The highest BCUT2D eigenvalue weighted by Gasteiger charge is 2.25. The lowest BCUT2D eigenvalue weighted by Gasteiger charge is -2.29. The number of para-hydroxylation sites is 1. The maximum Gasteiger partial charge on any atom is 0.124 e. The summed E-state index contributed by atoms with van der Waals surface area (Å²) >= 11 is 6.07. The molecule has 1 aliphatic rings. The molecule has 110 valence electrons. The highest BCUT2D eigenvalue weighted by Crippen LogP contribution is 2.29. The summed E-state index contributed by atoms with van der Waals surface area (Å²) in [6.45, 7) is 0.608. The van der Waals surface area contributed by atoms with Crippen molar-refractivity contribution >= 4 is 11.6 Å². The normalized spacial score (nSPS) is 18.7. The van der Waals surface area contributed by atoms with Crippen LogP contribution in [-0.2, 0) is 12.8 Å². The van der Waals surface area contributed by atoms with E-state index in [1.807, 2.05) is 18.2 Å². The van der Waals surface area contributed by atoms with E-state index in [0.717, 1.165) is 17.7 Å². The van der Waals surface area contributed by atoms with Crippen molar-refractivity contribution in [1.82, 2.24) is 0 Å². The Hall–Kier alpha value is -1.58. The van der Waals surface area contributed by atoms with Crippen molar-refractivity contribution in [3.63, 3.8) is 0 Å². The predicted molar refractivity (Wildman–Crippen MR) is 82.2 cm³/mol. The molecular weight excluding hydrogens is 289 g/mol. The Bertz CT molecular complexity index is 646. The molecule has 0 amide bonds. The van der Waals surface area contributed by atoms with Gasteiger partial charge in [0.05, 0.1) is 6.61 Å². The lowest BCUT2D eigenvalue weighted by atomic mass is 9.87. The number of fused-ring (bicyclic) bond motifs is 1. The van der Waals surface area contributed by atoms with Crippen LogP contribution in [0.3, 0.4) is 0 Å². The van der Waals surface area contributed by atoms with Crippen molar-refractivity contribution in [3.05, 3.63) is 64.4 Å². The largest absolute Gasteiger partial charge is 0.493 e. The van der Waals surface area contributed by atoms with Crippen LogP contribution in [0.5, 0.6) is 5.75 Å². The lowest BCUT2D eigenvalue weighted by molar-refractivity contribution is 0.199. The summed E-state index contributed by atoms with van der Waals surface area (Å²) in [7, 11) is 0. The predicted octanol–water partition coefficient (Wildman–Crippen LogP) is 3.60. The number of hydrogen-bond donors (Lipinski definition) is 1. The van der Waals surface area contributed by atoms with Gasteiger partial charge < -0.3 is 10.5 Å². The van der Waals surface area contributed by atoms with Gasteiger partial charge in [-0.15, -0.1) is 0 Å². The summed E-state index contributed by atoms with van der Waals surface area (Å²) in [5, 5.41) is 0.433. The third kappa shape index (κ3) is 3.20. The molecule has 2 unspecified atom stereocenters. The van der Waals surface area contributed by atoms with Crippen LogP contribution in [0.4, 0.5) is 4.39 Å². The van der Waals surface area contributed by atoms with E-state index in [-0.39, 0.29) is 17.8 Å². The van der Waals surface area contributed by atoms with Gasteiger partial charge in [0.15, 0.2) is 0 Å². The minimum absolute atomic E-state index is 0.0682. The number of halogens is 2. The number of hydrogen-bond acceptors (Lipinski definition) is 2. The Morgan fingerprint density at radius 2 is 2.10 bits per heavy atom. The van der Waals surface area contributed by atoms with Gasteiger partial charge in [0, 0.05) is 17.0 Å². The van der Waals surface area contributed by atoms with E-state index in [0.29, 0.717) is 18.1 Å². The zero-order valence-corrected chi connectivity index (χ0v) is 12.3. The van der Waals surface area contributed by atoms with Gasteiger partial charge >= 0.3 is 0 Å². The van der Waals surface area contributed by atoms with Crippen molar-refractivity contribution in [2.75, 3.05) is 6.61 Å². The van der Waals surface area contributed by atoms with Crippen LogP contribution in [0, 0.1) is 11.7 Å². The first-order valence-corrected chi connectivity index (χ1v) is 7.41. The van der Waals surface area contributed by atoms with E-state index >= 15 is 0 Å². The Morgan fingerprint density at radius 1 is 1.29 bits per heavy atom. The van der Waals surface area contributed by atoms with Gasteiger partial charge in [-0.3, -0.25) is 0 Å². The summed E-state index contributed by atoms with van der Waals surface area (Å²) in [5.74, 6) is 0.856. The molecule has 0 radical (unpaired) electrons. The van der Waals surface area contributed by atoms with E-state index < -0.39 is 0 Å². The molecule has 2 aromatic rings. The van der Waals surface area contributed by atoms with Crippen molar-refractivity contribution in [2.24, 2.45) is 11.7 Å². The highest BCUT2D eigenvalue weighted by atomic mass is 35.5. The molecule has 1 heterocycles. The fraction of sp³-hybridized carbons (Fsp3) is 0.294. The Labute approximate surface area is 128 Å². The zero-order valence-electron chi connectivity index (χ0n) is 11.6. The van der Waals surface area contributed by atoms with Gasteiger partial charge in [-0.1, -0.05) is 35.9 Å². The Morgan fingerprint density at radius 3 is 2.90 bits per heavy atom. The average Bonchev–Trinajstić information content (AvgIpc) is 2.49. The van der Waals surface area contributed by atoms with Gasteiger partial charge in [0.1, 0.15) is 11.6 Å². The third-order valence-electron chi connectivity index (χ3n) is 3.98. The summed E-state index contributed by atoms with van der Waals surface area (Å²) in [5.41, 5.74) is 8.38.